The molecule has 1 saturated carbocycles. The number of aromatic nitrogens is 1. The summed E-state index contributed by atoms with van der Waals surface area (Å²) in [6.07, 6.45) is 9.77. The molecule has 2 aliphatic rings. The van der Waals surface area contributed by atoms with Crippen molar-refractivity contribution in [2.75, 3.05) is 26.2 Å². The molecule has 1 aliphatic carbocycles. The second-order valence-electron chi connectivity index (χ2n) is 6.69. The number of hydrogen-bond acceptors (Lipinski definition) is 2. The Morgan fingerprint density at radius 2 is 2.18 bits per heavy atom. The summed E-state index contributed by atoms with van der Waals surface area (Å²) in [6, 6.07) is 6.08. The van der Waals surface area contributed by atoms with E-state index in [9.17, 15) is 0 Å². The van der Waals surface area contributed by atoms with Crippen molar-refractivity contribution in [1.82, 2.24) is 15.2 Å². The van der Waals surface area contributed by atoms with Crippen molar-refractivity contribution in [3.05, 3.63) is 30.1 Å². The molecule has 0 unspecified atom stereocenters. The number of hydrogen-bond donors (Lipinski definition) is 1. The Balaban J connectivity index is 1.58. The highest BCUT2D eigenvalue weighted by Crippen LogP contribution is 2.45. The smallest absolute Gasteiger partial charge is 0.193 e. The van der Waals surface area contributed by atoms with E-state index in [0.717, 1.165) is 37.7 Å². The van der Waals surface area contributed by atoms with E-state index in [0.29, 0.717) is 5.41 Å². The van der Waals surface area contributed by atoms with Crippen molar-refractivity contribution >= 4 is 5.96 Å². The Morgan fingerprint density at radius 1 is 1.32 bits per heavy atom. The van der Waals surface area contributed by atoms with Crippen molar-refractivity contribution in [2.45, 2.75) is 45.4 Å². The van der Waals surface area contributed by atoms with E-state index in [4.69, 9.17) is 4.99 Å². The van der Waals surface area contributed by atoms with Gasteiger partial charge in [-0.2, -0.15) is 0 Å². The molecule has 120 valence electrons. The molecule has 1 saturated heterocycles. The monoisotopic (exact) mass is 300 g/mol. The molecular weight excluding hydrogens is 272 g/mol. The van der Waals surface area contributed by atoms with Crippen LogP contribution in [-0.2, 0) is 6.42 Å². The fourth-order valence-electron chi connectivity index (χ4n) is 3.90. The molecule has 1 aliphatic heterocycles. The standard InChI is InChI=1S/C18H28N4/c1-2-19-17(21-13-8-16-7-3-6-12-20-16)22-14-11-18(15-22)9-4-5-10-18/h3,6-7,12H,2,4-5,8-11,13-15H2,1H3,(H,19,21). The number of pyridine rings is 1. The first kappa shape index (κ1) is 15.3. The fourth-order valence-corrected chi connectivity index (χ4v) is 3.90. The molecule has 1 aromatic heterocycles. The number of likely N-dealkylation sites (tertiary alicyclic amines) is 1. The highest BCUT2D eigenvalue weighted by Gasteiger charge is 2.40. The quantitative estimate of drug-likeness (QED) is 0.686. The molecule has 0 amide bonds. The molecule has 3 rings (SSSR count). The number of guanidine groups is 1. The lowest BCUT2D eigenvalue weighted by atomic mass is 9.86. The molecule has 2 heterocycles. The largest absolute Gasteiger partial charge is 0.357 e. The van der Waals surface area contributed by atoms with Crippen LogP contribution in [-0.4, -0.2) is 42.0 Å². The second kappa shape index (κ2) is 7.12. The normalized spacial score (nSPS) is 20.8. The van der Waals surface area contributed by atoms with Gasteiger partial charge in [-0.25, -0.2) is 0 Å². The number of nitrogens with zero attached hydrogens (tertiary/aromatic N) is 3. The summed E-state index contributed by atoms with van der Waals surface area (Å²) < 4.78 is 0. The van der Waals surface area contributed by atoms with Gasteiger partial charge in [0.2, 0.25) is 0 Å². The average molecular weight is 300 g/mol. The van der Waals surface area contributed by atoms with Gasteiger partial charge in [0.1, 0.15) is 0 Å². The van der Waals surface area contributed by atoms with Gasteiger partial charge in [0, 0.05) is 44.5 Å². The van der Waals surface area contributed by atoms with Crippen molar-refractivity contribution in [1.29, 1.82) is 0 Å². The van der Waals surface area contributed by atoms with Crippen LogP contribution < -0.4 is 5.32 Å². The van der Waals surface area contributed by atoms with Gasteiger partial charge in [-0.05, 0) is 43.7 Å². The summed E-state index contributed by atoms with van der Waals surface area (Å²) in [5.41, 5.74) is 1.72. The summed E-state index contributed by atoms with van der Waals surface area (Å²) in [6.45, 7) is 6.25. The maximum Gasteiger partial charge on any atom is 0.193 e. The molecule has 4 heteroatoms. The molecule has 1 aromatic rings. The summed E-state index contributed by atoms with van der Waals surface area (Å²) in [5, 5.41) is 3.47. The van der Waals surface area contributed by atoms with Crippen LogP contribution in [0.2, 0.25) is 0 Å². The van der Waals surface area contributed by atoms with Gasteiger partial charge < -0.3 is 10.2 Å². The molecule has 0 aromatic carbocycles. The second-order valence-corrected chi connectivity index (χ2v) is 6.69. The van der Waals surface area contributed by atoms with Crippen LogP contribution >= 0.6 is 0 Å². The van der Waals surface area contributed by atoms with Crippen molar-refractivity contribution in [3.63, 3.8) is 0 Å². The van der Waals surface area contributed by atoms with Crippen LogP contribution in [0.25, 0.3) is 0 Å². The third kappa shape index (κ3) is 3.60. The SMILES string of the molecule is CCNC(=NCCc1ccccn1)N1CCC2(CCCC2)C1. The fraction of sp³-hybridized carbons (Fsp3) is 0.667. The highest BCUT2D eigenvalue weighted by atomic mass is 15.3. The maximum atomic E-state index is 4.84. The van der Waals surface area contributed by atoms with Crippen molar-refractivity contribution in [2.24, 2.45) is 10.4 Å². The van der Waals surface area contributed by atoms with E-state index in [-0.39, 0.29) is 0 Å². The zero-order valence-corrected chi connectivity index (χ0v) is 13.7. The van der Waals surface area contributed by atoms with Gasteiger partial charge in [-0.1, -0.05) is 18.9 Å². The van der Waals surface area contributed by atoms with Crippen LogP contribution in [0.4, 0.5) is 0 Å². The Bertz CT molecular complexity index is 491. The molecule has 1 spiro atoms. The predicted octanol–water partition coefficient (Wildman–Crippen LogP) is 2.86. The van der Waals surface area contributed by atoms with Gasteiger partial charge in [-0.3, -0.25) is 9.98 Å². The van der Waals surface area contributed by atoms with Gasteiger partial charge in [0.15, 0.2) is 5.96 Å². The Kier molecular flexibility index (Phi) is 4.96. The lowest BCUT2D eigenvalue weighted by Crippen LogP contribution is -2.41. The third-order valence-electron chi connectivity index (χ3n) is 5.09. The minimum Gasteiger partial charge on any atom is -0.357 e. The topological polar surface area (TPSA) is 40.5 Å². The zero-order chi connectivity index (χ0) is 15.3. The average Bonchev–Trinajstić information content (AvgIpc) is 3.18. The van der Waals surface area contributed by atoms with Crippen LogP contribution in [0.3, 0.4) is 0 Å². The Labute approximate surface area is 134 Å². The summed E-state index contributed by atoms with van der Waals surface area (Å²) in [7, 11) is 0. The first-order valence-corrected chi connectivity index (χ1v) is 8.74. The van der Waals surface area contributed by atoms with E-state index < -0.39 is 0 Å². The molecule has 0 atom stereocenters. The molecule has 1 N–H and O–H groups in total. The summed E-state index contributed by atoms with van der Waals surface area (Å²) in [4.78, 5) is 11.7. The zero-order valence-electron chi connectivity index (χ0n) is 13.7. The van der Waals surface area contributed by atoms with Crippen molar-refractivity contribution < 1.29 is 0 Å². The van der Waals surface area contributed by atoms with E-state index in [1.807, 2.05) is 18.3 Å². The van der Waals surface area contributed by atoms with Gasteiger partial charge in [0.25, 0.3) is 0 Å². The third-order valence-corrected chi connectivity index (χ3v) is 5.09. The first-order chi connectivity index (χ1) is 10.8. The van der Waals surface area contributed by atoms with Crippen LogP contribution in [0.5, 0.6) is 0 Å². The highest BCUT2D eigenvalue weighted by molar-refractivity contribution is 5.80. The minimum absolute atomic E-state index is 0.594. The number of rotatable bonds is 4. The lowest BCUT2D eigenvalue weighted by molar-refractivity contribution is 0.309. The molecular formula is C18H28N4. The van der Waals surface area contributed by atoms with E-state index in [1.165, 1.54) is 38.6 Å². The molecule has 2 fully saturated rings. The maximum absolute atomic E-state index is 4.84. The van der Waals surface area contributed by atoms with Crippen molar-refractivity contribution in [3.8, 4) is 0 Å². The molecule has 22 heavy (non-hydrogen) atoms. The Morgan fingerprint density at radius 3 is 2.91 bits per heavy atom. The molecule has 0 bridgehead atoms. The molecule has 4 nitrogen and oxygen atoms in total. The van der Waals surface area contributed by atoms with Crippen LogP contribution in [0, 0.1) is 5.41 Å². The van der Waals surface area contributed by atoms with E-state index in [2.05, 4.69) is 28.2 Å². The Hall–Kier alpha value is -1.58. The van der Waals surface area contributed by atoms with Crippen LogP contribution in [0.1, 0.15) is 44.7 Å². The number of nitrogens with one attached hydrogen (secondary N) is 1. The summed E-state index contributed by atoms with van der Waals surface area (Å²) in [5.74, 6) is 1.10. The van der Waals surface area contributed by atoms with Gasteiger partial charge >= 0.3 is 0 Å². The predicted molar refractivity (Wildman–Crippen MR) is 91.0 cm³/mol. The van der Waals surface area contributed by atoms with Crippen LogP contribution in [0.15, 0.2) is 29.4 Å². The van der Waals surface area contributed by atoms with E-state index in [1.54, 1.807) is 0 Å². The van der Waals surface area contributed by atoms with Gasteiger partial charge in [-0.15, -0.1) is 0 Å². The van der Waals surface area contributed by atoms with Gasteiger partial charge in [0.05, 0.1) is 0 Å². The first-order valence-electron chi connectivity index (χ1n) is 8.74. The number of aliphatic imine (C=N–C) groups is 1. The minimum atomic E-state index is 0.594. The lowest BCUT2D eigenvalue weighted by Gasteiger charge is -2.26. The van der Waals surface area contributed by atoms with E-state index >= 15 is 0 Å². The summed E-state index contributed by atoms with van der Waals surface area (Å²) >= 11 is 0. The molecule has 0 radical (unpaired) electrons.